The molecule has 1 aliphatic rings. The average molecular weight is 529 g/mol. The highest BCUT2D eigenvalue weighted by Crippen LogP contribution is 2.39. The number of nitrogens with zero attached hydrogens (tertiary/aromatic N) is 3. The smallest absolute Gasteiger partial charge is 0.254 e. The van der Waals surface area contributed by atoms with Gasteiger partial charge in [0, 0.05) is 37.3 Å². The van der Waals surface area contributed by atoms with E-state index in [-0.39, 0.29) is 28.2 Å². The van der Waals surface area contributed by atoms with Crippen molar-refractivity contribution in [3.8, 4) is 5.75 Å². The van der Waals surface area contributed by atoms with Crippen LogP contribution in [0.3, 0.4) is 0 Å². The lowest BCUT2D eigenvalue weighted by Crippen LogP contribution is -2.50. The number of rotatable bonds is 6. The maximum atomic E-state index is 12.9. The summed E-state index contributed by atoms with van der Waals surface area (Å²) in [4.78, 5) is 14.7. The Morgan fingerprint density at radius 3 is 1.97 bits per heavy atom. The molecule has 0 unspecified atom stereocenters. The molecule has 0 saturated carbocycles. The molecule has 0 atom stereocenters. The number of phenolic OH excluding ortho intramolecular Hbond substituents is 1. The Kier molecular flexibility index (Phi) is 8.51. The van der Waals surface area contributed by atoms with Crippen LogP contribution in [0.4, 0.5) is 0 Å². The monoisotopic (exact) mass is 528 g/mol. The van der Waals surface area contributed by atoms with Gasteiger partial charge in [-0.1, -0.05) is 59.2 Å². The number of phenols is 1. The molecule has 2 N–H and O–H groups in total. The summed E-state index contributed by atoms with van der Waals surface area (Å²) in [5.41, 5.74) is 5.51. The van der Waals surface area contributed by atoms with Crippen LogP contribution in [0.25, 0.3) is 0 Å². The lowest BCUT2D eigenvalue weighted by molar-refractivity contribution is -0.122. The van der Waals surface area contributed by atoms with E-state index in [0.717, 1.165) is 22.3 Å². The van der Waals surface area contributed by atoms with Crippen molar-refractivity contribution in [3.05, 3.63) is 58.7 Å². The molecule has 1 heterocycles. The summed E-state index contributed by atoms with van der Waals surface area (Å²) in [6, 6.07) is 10.6. The van der Waals surface area contributed by atoms with Crippen LogP contribution in [0.1, 0.15) is 63.8 Å². The fourth-order valence-electron chi connectivity index (χ4n) is 4.28. The van der Waals surface area contributed by atoms with Gasteiger partial charge in [-0.25, -0.2) is 13.8 Å². The van der Waals surface area contributed by atoms with Crippen LogP contribution >= 0.6 is 0 Å². The molecule has 0 bridgehead atoms. The van der Waals surface area contributed by atoms with Crippen LogP contribution in [0, 0.1) is 6.92 Å². The second-order valence-corrected chi connectivity index (χ2v) is 13.7. The topological polar surface area (TPSA) is 102 Å². The molecule has 1 amide bonds. The van der Waals surface area contributed by atoms with Crippen molar-refractivity contribution in [2.24, 2.45) is 5.10 Å². The zero-order valence-electron chi connectivity index (χ0n) is 23.0. The van der Waals surface area contributed by atoms with Gasteiger partial charge < -0.3 is 5.11 Å². The molecule has 1 aliphatic heterocycles. The van der Waals surface area contributed by atoms with Crippen molar-refractivity contribution in [2.45, 2.75) is 64.2 Å². The molecule has 0 aromatic heterocycles. The number of hydrazone groups is 1. The van der Waals surface area contributed by atoms with Gasteiger partial charge in [0.2, 0.25) is 10.0 Å². The largest absolute Gasteiger partial charge is 0.507 e. The SMILES string of the molecule is Cc1ccc(S(=O)(=O)N2CCN(CC(=O)NN=Cc3cc(C(C)(C)C)c(O)c(C(C)(C)C)c3)CC2)cc1. The zero-order valence-corrected chi connectivity index (χ0v) is 23.8. The lowest BCUT2D eigenvalue weighted by atomic mass is 9.78. The van der Waals surface area contributed by atoms with Gasteiger partial charge in [0.1, 0.15) is 5.75 Å². The van der Waals surface area contributed by atoms with Gasteiger partial charge in [0.05, 0.1) is 17.7 Å². The Morgan fingerprint density at radius 2 is 1.49 bits per heavy atom. The average Bonchev–Trinajstić information content (AvgIpc) is 2.79. The fraction of sp³-hybridized carbons (Fsp3) is 0.500. The van der Waals surface area contributed by atoms with E-state index in [0.29, 0.717) is 31.9 Å². The number of aromatic hydroxyl groups is 1. The number of carbonyl (C=O) groups is 1. The summed E-state index contributed by atoms with van der Waals surface area (Å²) in [6.07, 6.45) is 1.59. The molecule has 37 heavy (non-hydrogen) atoms. The second kappa shape index (κ2) is 10.9. The van der Waals surface area contributed by atoms with Crippen LogP contribution < -0.4 is 5.43 Å². The Balaban J connectivity index is 1.59. The molecule has 8 nitrogen and oxygen atoms in total. The number of nitrogens with one attached hydrogen (secondary N) is 1. The highest BCUT2D eigenvalue weighted by molar-refractivity contribution is 7.89. The number of amides is 1. The minimum absolute atomic E-state index is 0.131. The first-order chi connectivity index (χ1) is 17.1. The zero-order chi connectivity index (χ0) is 27.6. The molecule has 0 spiro atoms. The fourth-order valence-corrected chi connectivity index (χ4v) is 5.70. The molecule has 0 radical (unpaired) electrons. The van der Waals surface area contributed by atoms with Crippen molar-refractivity contribution < 1.29 is 18.3 Å². The van der Waals surface area contributed by atoms with E-state index in [1.165, 1.54) is 4.31 Å². The van der Waals surface area contributed by atoms with Gasteiger partial charge in [-0.05, 0) is 47.6 Å². The van der Waals surface area contributed by atoms with E-state index in [2.05, 4.69) is 10.5 Å². The highest BCUT2D eigenvalue weighted by atomic mass is 32.2. The van der Waals surface area contributed by atoms with E-state index in [9.17, 15) is 18.3 Å². The van der Waals surface area contributed by atoms with E-state index in [1.807, 2.05) is 65.5 Å². The lowest BCUT2D eigenvalue weighted by Gasteiger charge is -2.33. The minimum Gasteiger partial charge on any atom is -0.507 e. The first-order valence-corrected chi connectivity index (χ1v) is 14.0. The van der Waals surface area contributed by atoms with Crippen LogP contribution in [0.5, 0.6) is 5.75 Å². The van der Waals surface area contributed by atoms with Crippen LogP contribution in [-0.2, 0) is 25.6 Å². The van der Waals surface area contributed by atoms with Gasteiger partial charge in [0.15, 0.2) is 0 Å². The van der Waals surface area contributed by atoms with Crippen LogP contribution in [0.15, 0.2) is 46.4 Å². The molecular formula is C28H40N4O4S. The predicted octanol–water partition coefficient (Wildman–Crippen LogP) is 3.75. The Bertz CT molecular complexity index is 1210. The summed E-state index contributed by atoms with van der Waals surface area (Å²) in [6.45, 7) is 15.9. The van der Waals surface area contributed by atoms with Gasteiger partial charge in [0.25, 0.3) is 5.91 Å². The predicted molar refractivity (Wildman–Crippen MR) is 148 cm³/mol. The van der Waals surface area contributed by atoms with Crippen molar-refractivity contribution in [1.82, 2.24) is 14.6 Å². The van der Waals surface area contributed by atoms with Gasteiger partial charge in [-0.2, -0.15) is 9.41 Å². The summed E-state index contributed by atoms with van der Waals surface area (Å²) < 4.78 is 27.2. The normalized spacial score (nSPS) is 16.3. The summed E-state index contributed by atoms with van der Waals surface area (Å²) in [7, 11) is -3.54. The van der Waals surface area contributed by atoms with Crippen molar-refractivity contribution in [3.63, 3.8) is 0 Å². The van der Waals surface area contributed by atoms with E-state index in [4.69, 9.17) is 0 Å². The van der Waals surface area contributed by atoms with Gasteiger partial charge in [-0.15, -0.1) is 0 Å². The van der Waals surface area contributed by atoms with Gasteiger partial charge >= 0.3 is 0 Å². The van der Waals surface area contributed by atoms with Gasteiger partial charge in [-0.3, -0.25) is 9.69 Å². The van der Waals surface area contributed by atoms with Crippen molar-refractivity contribution >= 4 is 22.1 Å². The van der Waals surface area contributed by atoms with E-state index in [1.54, 1.807) is 30.5 Å². The number of piperazine rings is 1. The molecule has 0 aliphatic carbocycles. The molecule has 2 aromatic carbocycles. The molecule has 202 valence electrons. The number of sulfonamides is 1. The second-order valence-electron chi connectivity index (χ2n) is 11.8. The molecule has 1 fully saturated rings. The summed E-state index contributed by atoms with van der Waals surface area (Å²) in [5, 5.41) is 15.0. The first kappa shape index (κ1) is 28.8. The highest BCUT2D eigenvalue weighted by Gasteiger charge is 2.29. The summed E-state index contributed by atoms with van der Waals surface area (Å²) >= 11 is 0. The quantitative estimate of drug-likeness (QED) is 0.439. The van der Waals surface area contributed by atoms with Crippen molar-refractivity contribution in [1.29, 1.82) is 0 Å². The minimum atomic E-state index is -3.54. The first-order valence-electron chi connectivity index (χ1n) is 12.6. The maximum absolute atomic E-state index is 12.9. The molecule has 1 saturated heterocycles. The Labute approximate surface area is 221 Å². The molecule has 9 heteroatoms. The Morgan fingerprint density at radius 1 is 0.973 bits per heavy atom. The number of hydrogen-bond acceptors (Lipinski definition) is 6. The third kappa shape index (κ3) is 7.18. The molecule has 3 rings (SSSR count). The number of benzene rings is 2. The summed E-state index contributed by atoms with van der Waals surface area (Å²) in [5.74, 6) is 0.0293. The van der Waals surface area contributed by atoms with Crippen LogP contribution in [0.2, 0.25) is 0 Å². The number of aryl methyl sites for hydroxylation is 1. The standard InChI is InChI=1S/C28H40N4O4S/c1-20-8-10-22(11-9-20)37(35,36)32-14-12-31(13-15-32)19-25(33)30-29-18-21-16-23(27(2,3)4)26(34)24(17-21)28(5,6)7/h8-11,16-18,34H,12-15,19H2,1-7H3,(H,30,33). The van der Waals surface area contributed by atoms with Crippen molar-refractivity contribution in [2.75, 3.05) is 32.7 Å². The van der Waals surface area contributed by atoms with E-state index >= 15 is 0 Å². The third-order valence-corrected chi connectivity index (χ3v) is 8.42. The maximum Gasteiger partial charge on any atom is 0.254 e. The number of hydrogen-bond donors (Lipinski definition) is 2. The molecular weight excluding hydrogens is 488 g/mol. The molecule has 2 aromatic rings. The number of carbonyl (C=O) groups excluding carboxylic acids is 1. The third-order valence-electron chi connectivity index (χ3n) is 6.51. The van der Waals surface area contributed by atoms with Crippen LogP contribution in [-0.4, -0.2) is 67.6 Å². The van der Waals surface area contributed by atoms with E-state index < -0.39 is 10.0 Å². The Hall–Kier alpha value is -2.75.